The lowest BCUT2D eigenvalue weighted by Gasteiger charge is -2.40. The molecule has 0 radical (unpaired) electrons. The largest absolute Gasteiger partial charge is 0.316 e. The zero-order valence-electron chi connectivity index (χ0n) is 12.2. The van der Waals surface area contributed by atoms with E-state index in [0.717, 1.165) is 29.8 Å². The number of hydrogen-bond acceptors (Lipinski definition) is 2. The van der Waals surface area contributed by atoms with Crippen LogP contribution in [0.2, 0.25) is 0 Å². The molecule has 0 amide bonds. The minimum atomic E-state index is 0.733. The maximum Gasteiger partial charge on any atom is 0.0129 e. The Bertz CT molecular complexity index is 270. The third-order valence-corrected chi connectivity index (χ3v) is 5.50. The van der Waals surface area contributed by atoms with Crippen LogP contribution in [0.1, 0.15) is 52.4 Å². The van der Waals surface area contributed by atoms with Gasteiger partial charge in [-0.1, -0.05) is 12.8 Å². The van der Waals surface area contributed by atoms with Gasteiger partial charge in [0.05, 0.1) is 0 Å². The van der Waals surface area contributed by atoms with Gasteiger partial charge in [0.1, 0.15) is 0 Å². The molecule has 2 heteroatoms. The Morgan fingerprint density at radius 2 is 2.06 bits per heavy atom. The van der Waals surface area contributed by atoms with Crippen LogP contribution in [0.3, 0.4) is 0 Å². The van der Waals surface area contributed by atoms with Gasteiger partial charge in [0.15, 0.2) is 0 Å². The number of nitrogens with one attached hydrogen (secondary N) is 1. The van der Waals surface area contributed by atoms with Crippen molar-refractivity contribution >= 4 is 0 Å². The van der Waals surface area contributed by atoms with E-state index in [1.807, 2.05) is 0 Å². The number of nitrogens with zero attached hydrogens (tertiary/aromatic N) is 1. The van der Waals surface area contributed by atoms with Crippen molar-refractivity contribution in [1.29, 1.82) is 0 Å². The summed E-state index contributed by atoms with van der Waals surface area (Å²) < 4.78 is 0. The van der Waals surface area contributed by atoms with Gasteiger partial charge in [-0.15, -0.1) is 0 Å². The maximum atomic E-state index is 3.58. The lowest BCUT2D eigenvalue weighted by Crippen LogP contribution is -2.48. The van der Waals surface area contributed by atoms with Crippen LogP contribution in [0, 0.1) is 17.8 Å². The SMILES string of the molecule is CC(C)N(CC1CCCNC1)C1CCCC2CC21. The molecule has 3 aliphatic rings. The van der Waals surface area contributed by atoms with Crippen LogP contribution in [0.5, 0.6) is 0 Å². The molecular formula is C16H30N2. The van der Waals surface area contributed by atoms with Crippen molar-refractivity contribution in [2.75, 3.05) is 19.6 Å². The van der Waals surface area contributed by atoms with Crippen LogP contribution in [-0.4, -0.2) is 36.6 Å². The highest BCUT2D eigenvalue weighted by Gasteiger charge is 2.47. The summed E-state index contributed by atoms with van der Waals surface area (Å²) in [6, 6.07) is 1.65. The van der Waals surface area contributed by atoms with Gasteiger partial charge in [0.2, 0.25) is 0 Å². The molecule has 0 aromatic carbocycles. The van der Waals surface area contributed by atoms with Crippen LogP contribution in [-0.2, 0) is 0 Å². The van der Waals surface area contributed by atoms with Crippen molar-refractivity contribution in [3.63, 3.8) is 0 Å². The number of piperidine rings is 1. The normalized spacial score (nSPS) is 40.0. The lowest BCUT2D eigenvalue weighted by atomic mass is 9.91. The molecule has 0 aromatic heterocycles. The molecular weight excluding hydrogens is 220 g/mol. The van der Waals surface area contributed by atoms with Crippen molar-refractivity contribution in [1.82, 2.24) is 10.2 Å². The number of hydrogen-bond donors (Lipinski definition) is 1. The Kier molecular flexibility index (Phi) is 3.95. The van der Waals surface area contributed by atoms with Gasteiger partial charge in [-0.3, -0.25) is 4.90 Å². The van der Waals surface area contributed by atoms with E-state index >= 15 is 0 Å². The zero-order chi connectivity index (χ0) is 12.5. The number of fused-ring (bicyclic) bond motifs is 1. The second-order valence-corrected chi connectivity index (χ2v) is 7.16. The Hall–Kier alpha value is -0.0800. The molecule has 104 valence electrons. The molecule has 0 spiro atoms. The first-order valence-electron chi connectivity index (χ1n) is 8.22. The number of rotatable bonds is 4. The standard InChI is InChI=1S/C16H30N2/c1-12(2)18(11-13-5-4-8-17-10-13)16-7-3-6-14-9-15(14)16/h12-17H,3-11H2,1-2H3. The Morgan fingerprint density at radius 1 is 1.17 bits per heavy atom. The van der Waals surface area contributed by atoms with Gasteiger partial charge in [-0.2, -0.15) is 0 Å². The summed E-state index contributed by atoms with van der Waals surface area (Å²) in [6.07, 6.45) is 8.84. The average Bonchev–Trinajstić information content (AvgIpc) is 3.16. The van der Waals surface area contributed by atoms with Gasteiger partial charge in [0, 0.05) is 18.6 Å². The Balaban J connectivity index is 1.60. The van der Waals surface area contributed by atoms with Crippen molar-refractivity contribution < 1.29 is 0 Å². The van der Waals surface area contributed by atoms with Gasteiger partial charge >= 0.3 is 0 Å². The van der Waals surface area contributed by atoms with E-state index in [4.69, 9.17) is 0 Å². The molecule has 4 atom stereocenters. The zero-order valence-corrected chi connectivity index (χ0v) is 12.2. The van der Waals surface area contributed by atoms with Crippen LogP contribution >= 0.6 is 0 Å². The quantitative estimate of drug-likeness (QED) is 0.825. The van der Waals surface area contributed by atoms with Crippen LogP contribution in [0.25, 0.3) is 0 Å². The highest BCUT2D eigenvalue weighted by molar-refractivity contribution is 5.00. The Morgan fingerprint density at radius 3 is 2.78 bits per heavy atom. The molecule has 1 N–H and O–H groups in total. The van der Waals surface area contributed by atoms with Gasteiger partial charge in [-0.05, 0) is 70.4 Å². The van der Waals surface area contributed by atoms with Crippen LogP contribution in [0.15, 0.2) is 0 Å². The van der Waals surface area contributed by atoms with E-state index in [9.17, 15) is 0 Å². The van der Waals surface area contributed by atoms with Gasteiger partial charge in [0.25, 0.3) is 0 Å². The van der Waals surface area contributed by atoms with Crippen LogP contribution in [0.4, 0.5) is 0 Å². The Labute approximate surface area is 113 Å². The minimum Gasteiger partial charge on any atom is -0.316 e. The second kappa shape index (κ2) is 5.50. The van der Waals surface area contributed by atoms with E-state index in [2.05, 4.69) is 24.1 Å². The first-order chi connectivity index (χ1) is 8.75. The summed E-state index contributed by atoms with van der Waals surface area (Å²) in [5.74, 6) is 3.08. The molecule has 0 bridgehead atoms. The molecule has 2 aliphatic carbocycles. The minimum absolute atomic E-state index is 0.733. The van der Waals surface area contributed by atoms with E-state index < -0.39 is 0 Å². The van der Waals surface area contributed by atoms with E-state index in [0.29, 0.717) is 0 Å². The summed E-state index contributed by atoms with van der Waals surface area (Å²) in [5, 5.41) is 3.58. The van der Waals surface area contributed by atoms with Crippen molar-refractivity contribution in [3.8, 4) is 0 Å². The molecule has 1 saturated heterocycles. The molecule has 18 heavy (non-hydrogen) atoms. The molecule has 2 nitrogen and oxygen atoms in total. The van der Waals surface area contributed by atoms with Gasteiger partial charge < -0.3 is 5.32 Å². The smallest absolute Gasteiger partial charge is 0.0129 e. The fourth-order valence-electron chi connectivity index (χ4n) is 4.40. The van der Waals surface area contributed by atoms with Crippen LogP contribution < -0.4 is 5.32 Å². The third-order valence-electron chi connectivity index (χ3n) is 5.50. The van der Waals surface area contributed by atoms with Crippen molar-refractivity contribution in [2.45, 2.75) is 64.5 Å². The van der Waals surface area contributed by atoms with Gasteiger partial charge in [-0.25, -0.2) is 0 Å². The molecule has 3 rings (SSSR count). The molecule has 2 saturated carbocycles. The molecule has 3 fully saturated rings. The first-order valence-corrected chi connectivity index (χ1v) is 8.22. The molecule has 4 unspecified atom stereocenters. The predicted octanol–water partition coefficient (Wildman–Crippen LogP) is 2.89. The average molecular weight is 250 g/mol. The van der Waals surface area contributed by atoms with E-state index in [-0.39, 0.29) is 0 Å². The summed E-state index contributed by atoms with van der Waals surface area (Å²) in [6.45, 7) is 8.65. The predicted molar refractivity (Wildman–Crippen MR) is 76.7 cm³/mol. The summed E-state index contributed by atoms with van der Waals surface area (Å²) >= 11 is 0. The fourth-order valence-corrected chi connectivity index (χ4v) is 4.40. The van der Waals surface area contributed by atoms with E-state index in [1.54, 1.807) is 0 Å². The first kappa shape index (κ1) is 12.9. The third kappa shape index (κ3) is 2.75. The topological polar surface area (TPSA) is 15.3 Å². The highest BCUT2D eigenvalue weighted by atomic mass is 15.2. The maximum absolute atomic E-state index is 3.58. The fraction of sp³-hybridized carbons (Fsp3) is 1.00. The molecule has 0 aromatic rings. The van der Waals surface area contributed by atoms with Crippen molar-refractivity contribution in [2.24, 2.45) is 17.8 Å². The molecule has 1 aliphatic heterocycles. The van der Waals surface area contributed by atoms with Crippen molar-refractivity contribution in [3.05, 3.63) is 0 Å². The highest BCUT2D eigenvalue weighted by Crippen LogP contribution is 2.51. The monoisotopic (exact) mass is 250 g/mol. The lowest BCUT2D eigenvalue weighted by molar-refractivity contribution is 0.0844. The second-order valence-electron chi connectivity index (χ2n) is 7.16. The van der Waals surface area contributed by atoms with E-state index in [1.165, 1.54) is 58.2 Å². The molecule has 1 heterocycles. The summed E-state index contributed by atoms with van der Waals surface area (Å²) in [5.41, 5.74) is 0. The summed E-state index contributed by atoms with van der Waals surface area (Å²) in [4.78, 5) is 2.86. The summed E-state index contributed by atoms with van der Waals surface area (Å²) in [7, 11) is 0.